The number of pyridine rings is 2. The Labute approximate surface area is 101 Å². The molecule has 0 aliphatic heterocycles. The molecular formula is C12H10F3N3. The van der Waals surface area contributed by atoms with Crippen molar-refractivity contribution >= 4 is 5.82 Å². The Morgan fingerprint density at radius 3 is 2.50 bits per heavy atom. The highest BCUT2D eigenvalue weighted by Gasteiger charge is 2.31. The van der Waals surface area contributed by atoms with Gasteiger partial charge in [0.25, 0.3) is 0 Å². The number of aryl methyl sites for hydroxylation is 1. The van der Waals surface area contributed by atoms with Crippen LogP contribution in [0.4, 0.5) is 19.0 Å². The maximum absolute atomic E-state index is 12.6. The Hall–Kier alpha value is -2.11. The van der Waals surface area contributed by atoms with Crippen molar-refractivity contribution in [1.82, 2.24) is 9.97 Å². The molecule has 0 aliphatic carbocycles. The van der Waals surface area contributed by atoms with E-state index in [0.717, 1.165) is 12.1 Å². The third-order valence-corrected chi connectivity index (χ3v) is 2.36. The predicted molar refractivity (Wildman–Crippen MR) is 61.6 cm³/mol. The zero-order valence-electron chi connectivity index (χ0n) is 9.49. The molecule has 0 aromatic carbocycles. The van der Waals surface area contributed by atoms with Crippen molar-refractivity contribution in [1.29, 1.82) is 0 Å². The fourth-order valence-electron chi connectivity index (χ4n) is 1.57. The van der Waals surface area contributed by atoms with Gasteiger partial charge < -0.3 is 5.73 Å². The molecule has 6 heteroatoms. The maximum atomic E-state index is 12.6. The summed E-state index contributed by atoms with van der Waals surface area (Å²) in [6, 6.07) is 5.04. The Kier molecular flexibility index (Phi) is 2.94. The van der Waals surface area contributed by atoms with E-state index in [4.69, 9.17) is 5.73 Å². The normalized spacial score (nSPS) is 11.6. The maximum Gasteiger partial charge on any atom is 0.416 e. The number of hydrogen-bond donors (Lipinski definition) is 1. The van der Waals surface area contributed by atoms with E-state index in [1.807, 2.05) is 0 Å². The number of halogens is 3. The number of hydrogen-bond acceptors (Lipinski definition) is 3. The average molecular weight is 253 g/mol. The molecular weight excluding hydrogens is 243 g/mol. The first-order valence-corrected chi connectivity index (χ1v) is 5.14. The SMILES string of the molecule is Cc1cc(-c2cc(C(F)(F)F)cc(N)n2)ccn1. The summed E-state index contributed by atoms with van der Waals surface area (Å²) >= 11 is 0. The molecule has 0 saturated heterocycles. The van der Waals surface area contributed by atoms with Crippen LogP contribution in [0.15, 0.2) is 30.5 Å². The highest BCUT2D eigenvalue weighted by Crippen LogP contribution is 2.32. The quantitative estimate of drug-likeness (QED) is 0.849. The minimum absolute atomic E-state index is 0.158. The van der Waals surface area contributed by atoms with E-state index >= 15 is 0 Å². The van der Waals surface area contributed by atoms with Gasteiger partial charge in [-0.3, -0.25) is 4.98 Å². The molecule has 2 aromatic heterocycles. The van der Waals surface area contributed by atoms with Crippen LogP contribution >= 0.6 is 0 Å². The molecule has 0 unspecified atom stereocenters. The molecule has 0 saturated carbocycles. The minimum atomic E-state index is -4.44. The summed E-state index contributed by atoms with van der Waals surface area (Å²) in [4.78, 5) is 7.89. The lowest BCUT2D eigenvalue weighted by Crippen LogP contribution is -2.07. The summed E-state index contributed by atoms with van der Waals surface area (Å²) in [7, 11) is 0. The summed E-state index contributed by atoms with van der Waals surface area (Å²) in [5, 5.41) is 0. The van der Waals surface area contributed by atoms with Gasteiger partial charge in [0.1, 0.15) is 5.82 Å². The number of rotatable bonds is 1. The van der Waals surface area contributed by atoms with Crippen LogP contribution in [-0.4, -0.2) is 9.97 Å². The highest BCUT2D eigenvalue weighted by molar-refractivity contribution is 5.62. The van der Waals surface area contributed by atoms with Gasteiger partial charge in [0.2, 0.25) is 0 Å². The summed E-state index contributed by atoms with van der Waals surface area (Å²) in [5.74, 6) is -0.158. The standard InChI is InChI=1S/C12H10F3N3/c1-7-4-8(2-3-17-7)10-5-9(12(13,14)15)6-11(16)18-10/h2-6H,1H3,(H2,16,18). The first kappa shape index (κ1) is 12.3. The molecule has 0 bridgehead atoms. The molecule has 0 atom stereocenters. The molecule has 0 amide bonds. The van der Waals surface area contributed by atoms with Crippen LogP contribution in [0.3, 0.4) is 0 Å². The van der Waals surface area contributed by atoms with Crippen molar-refractivity contribution in [3.8, 4) is 11.3 Å². The van der Waals surface area contributed by atoms with E-state index in [2.05, 4.69) is 9.97 Å². The lowest BCUT2D eigenvalue weighted by molar-refractivity contribution is -0.137. The molecule has 2 aromatic rings. The van der Waals surface area contributed by atoms with Crippen molar-refractivity contribution in [3.63, 3.8) is 0 Å². The molecule has 2 rings (SSSR count). The van der Waals surface area contributed by atoms with Gasteiger partial charge in [0.15, 0.2) is 0 Å². The molecule has 2 N–H and O–H groups in total. The van der Waals surface area contributed by atoms with Gasteiger partial charge in [-0.1, -0.05) is 0 Å². The van der Waals surface area contributed by atoms with E-state index in [9.17, 15) is 13.2 Å². The van der Waals surface area contributed by atoms with Gasteiger partial charge in [-0.25, -0.2) is 4.98 Å². The molecule has 2 heterocycles. The van der Waals surface area contributed by atoms with Gasteiger partial charge >= 0.3 is 6.18 Å². The van der Waals surface area contributed by atoms with Crippen molar-refractivity contribution in [2.24, 2.45) is 0 Å². The Balaban J connectivity index is 2.55. The van der Waals surface area contributed by atoms with Gasteiger partial charge in [0.05, 0.1) is 11.3 Å². The van der Waals surface area contributed by atoms with Crippen LogP contribution in [-0.2, 0) is 6.18 Å². The Bertz CT molecular complexity index is 579. The largest absolute Gasteiger partial charge is 0.416 e. The molecule has 0 spiro atoms. The van der Waals surface area contributed by atoms with Gasteiger partial charge in [-0.05, 0) is 31.2 Å². The number of alkyl halides is 3. The number of aromatic nitrogens is 2. The lowest BCUT2D eigenvalue weighted by Gasteiger charge is -2.10. The molecule has 0 radical (unpaired) electrons. The van der Waals surface area contributed by atoms with Gasteiger partial charge in [-0.2, -0.15) is 13.2 Å². The molecule has 3 nitrogen and oxygen atoms in total. The summed E-state index contributed by atoms with van der Waals surface area (Å²) < 4.78 is 37.9. The van der Waals surface area contributed by atoms with Crippen molar-refractivity contribution in [3.05, 3.63) is 41.7 Å². The van der Waals surface area contributed by atoms with Crippen LogP contribution < -0.4 is 5.73 Å². The van der Waals surface area contributed by atoms with Crippen molar-refractivity contribution in [2.45, 2.75) is 13.1 Å². The topological polar surface area (TPSA) is 51.8 Å². The third kappa shape index (κ3) is 2.58. The van der Waals surface area contributed by atoms with E-state index in [-0.39, 0.29) is 11.5 Å². The number of nitrogens with two attached hydrogens (primary N) is 1. The van der Waals surface area contributed by atoms with E-state index in [0.29, 0.717) is 11.3 Å². The first-order valence-electron chi connectivity index (χ1n) is 5.14. The fourth-order valence-corrected chi connectivity index (χ4v) is 1.57. The minimum Gasteiger partial charge on any atom is -0.384 e. The zero-order valence-corrected chi connectivity index (χ0v) is 9.49. The summed E-state index contributed by atoms with van der Waals surface area (Å²) in [5.41, 5.74) is 6.04. The molecule has 18 heavy (non-hydrogen) atoms. The van der Waals surface area contributed by atoms with E-state index in [1.54, 1.807) is 19.1 Å². The van der Waals surface area contributed by atoms with Crippen LogP contribution in [0.2, 0.25) is 0 Å². The number of anilines is 1. The third-order valence-electron chi connectivity index (χ3n) is 2.36. The second kappa shape index (κ2) is 4.29. The first-order chi connectivity index (χ1) is 8.36. The molecule has 0 fully saturated rings. The average Bonchev–Trinajstić information content (AvgIpc) is 2.27. The van der Waals surface area contributed by atoms with Crippen LogP contribution in [0.5, 0.6) is 0 Å². The van der Waals surface area contributed by atoms with E-state index < -0.39 is 11.7 Å². The Morgan fingerprint density at radius 1 is 1.17 bits per heavy atom. The van der Waals surface area contributed by atoms with Gasteiger partial charge in [-0.15, -0.1) is 0 Å². The number of nitrogen functional groups attached to an aromatic ring is 1. The van der Waals surface area contributed by atoms with Crippen LogP contribution in [0, 0.1) is 6.92 Å². The van der Waals surface area contributed by atoms with E-state index in [1.165, 1.54) is 6.20 Å². The van der Waals surface area contributed by atoms with Crippen LogP contribution in [0.25, 0.3) is 11.3 Å². The predicted octanol–water partition coefficient (Wildman–Crippen LogP) is 3.05. The van der Waals surface area contributed by atoms with Crippen molar-refractivity contribution < 1.29 is 13.2 Å². The smallest absolute Gasteiger partial charge is 0.384 e. The number of nitrogens with zero attached hydrogens (tertiary/aromatic N) is 2. The summed E-state index contributed by atoms with van der Waals surface area (Å²) in [6.45, 7) is 1.75. The highest BCUT2D eigenvalue weighted by atomic mass is 19.4. The lowest BCUT2D eigenvalue weighted by atomic mass is 10.1. The monoisotopic (exact) mass is 253 g/mol. The van der Waals surface area contributed by atoms with Gasteiger partial charge in [0, 0.05) is 17.5 Å². The second-order valence-corrected chi connectivity index (χ2v) is 3.85. The fraction of sp³-hybridized carbons (Fsp3) is 0.167. The van der Waals surface area contributed by atoms with Crippen molar-refractivity contribution in [2.75, 3.05) is 5.73 Å². The van der Waals surface area contributed by atoms with Crippen LogP contribution in [0.1, 0.15) is 11.3 Å². The Morgan fingerprint density at radius 2 is 1.89 bits per heavy atom. The molecule has 94 valence electrons. The zero-order chi connectivity index (χ0) is 13.3. The molecule has 0 aliphatic rings. The summed E-state index contributed by atoms with van der Waals surface area (Å²) in [6.07, 6.45) is -2.92. The second-order valence-electron chi connectivity index (χ2n) is 3.85.